The molecule has 124 valence electrons. The van der Waals surface area contributed by atoms with Crippen LogP contribution in [0.4, 0.5) is 5.69 Å². The van der Waals surface area contributed by atoms with E-state index in [0.717, 1.165) is 10.5 Å². The third kappa shape index (κ3) is 2.90. The molecule has 0 aliphatic carbocycles. The van der Waals surface area contributed by atoms with Gasteiger partial charge in [0.05, 0.1) is 16.9 Å². The highest BCUT2D eigenvalue weighted by Gasteiger charge is 2.33. The van der Waals surface area contributed by atoms with Gasteiger partial charge >= 0.3 is 0 Å². The van der Waals surface area contributed by atoms with Crippen LogP contribution < -0.4 is 4.72 Å². The lowest BCUT2D eigenvalue weighted by molar-refractivity contribution is 0.0693. The van der Waals surface area contributed by atoms with Gasteiger partial charge in [-0.15, -0.1) is 0 Å². The number of anilines is 1. The molecule has 2 aromatic carbocycles. The van der Waals surface area contributed by atoms with Crippen LogP contribution in [-0.4, -0.2) is 32.2 Å². The number of benzene rings is 2. The van der Waals surface area contributed by atoms with Gasteiger partial charge in [0, 0.05) is 12.7 Å². The van der Waals surface area contributed by atoms with Crippen LogP contribution in [0.2, 0.25) is 0 Å². The van der Waals surface area contributed by atoms with Crippen LogP contribution in [0, 0.1) is 6.92 Å². The average molecular weight is 344 g/mol. The minimum atomic E-state index is -3.63. The molecule has 0 saturated carbocycles. The van der Waals surface area contributed by atoms with Gasteiger partial charge < -0.3 is 0 Å². The van der Waals surface area contributed by atoms with Crippen molar-refractivity contribution in [1.29, 1.82) is 0 Å². The molecular formula is C17H16N2O4S. The van der Waals surface area contributed by atoms with Crippen molar-refractivity contribution >= 4 is 27.5 Å². The van der Waals surface area contributed by atoms with E-state index in [-0.39, 0.29) is 28.5 Å². The third-order valence-electron chi connectivity index (χ3n) is 3.97. The Hall–Kier alpha value is -2.67. The molecule has 0 spiro atoms. The minimum Gasteiger partial charge on any atom is -0.283 e. The summed E-state index contributed by atoms with van der Waals surface area (Å²) < 4.78 is 27.2. The molecule has 0 bridgehead atoms. The fourth-order valence-corrected chi connectivity index (χ4v) is 3.91. The Kier molecular flexibility index (Phi) is 3.88. The molecule has 0 radical (unpaired) electrons. The first-order valence-corrected chi connectivity index (χ1v) is 8.95. The van der Waals surface area contributed by atoms with E-state index in [9.17, 15) is 18.0 Å². The molecule has 1 heterocycles. The smallest absolute Gasteiger partial charge is 0.261 e. The second kappa shape index (κ2) is 5.76. The number of carbonyl (C=O) groups is 2. The Balaban J connectivity index is 1.86. The number of imide groups is 1. The number of nitrogens with one attached hydrogen (secondary N) is 1. The first-order valence-electron chi connectivity index (χ1n) is 7.30. The number of hydrogen-bond acceptors (Lipinski definition) is 4. The zero-order valence-corrected chi connectivity index (χ0v) is 14.1. The fraction of sp³-hybridized carbons (Fsp3) is 0.176. The van der Waals surface area contributed by atoms with Crippen molar-refractivity contribution in [3.63, 3.8) is 0 Å². The Morgan fingerprint density at radius 2 is 1.67 bits per heavy atom. The summed E-state index contributed by atoms with van der Waals surface area (Å²) in [7, 11) is -2.24. The molecule has 0 atom stereocenters. The van der Waals surface area contributed by atoms with Gasteiger partial charge in [0.15, 0.2) is 0 Å². The topological polar surface area (TPSA) is 83.6 Å². The quantitative estimate of drug-likeness (QED) is 0.862. The monoisotopic (exact) mass is 344 g/mol. The van der Waals surface area contributed by atoms with Crippen molar-refractivity contribution in [2.24, 2.45) is 0 Å². The number of hydrogen-bond donors (Lipinski definition) is 1. The molecule has 0 saturated heterocycles. The number of fused-ring (bicyclic) bond motifs is 1. The first kappa shape index (κ1) is 16.2. The largest absolute Gasteiger partial charge is 0.283 e. The van der Waals surface area contributed by atoms with Crippen LogP contribution in [0.1, 0.15) is 31.8 Å². The summed E-state index contributed by atoms with van der Waals surface area (Å²) in [6, 6.07) is 11.6. The number of aryl methyl sites for hydroxylation is 1. The van der Waals surface area contributed by atoms with Gasteiger partial charge in [0.1, 0.15) is 0 Å². The average Bonchev–Trinajstić information content (AvgIpc) is 2.74. The second-order valence-electron chi connectivity index (χ2n) is 5.72. The van der Waals surface area contributed by atoms with Crippen molar-refractivity contribution in [3.05, 3.63) is 64.7 Å². The molecule has 1 N–H and O–H groups in total. The van der Waals surface area contributed by atoms with Crippen molar-refractivity contribution in [2.75, 3.05) is 11.8 Å². The summed E-state index contributed by atoms with van der Waals surface area (Å²) in [5, 5.41) is 0. The minimum absolute atomic E-state index is 0.163. The van der Waals surface area contributed by atoms with Crippen LogP contribution in [0.25, 0.3) is 0 Å². The third-order valence-corrected chi connectivity index (χ3v) is 5.21. The lowest BCUT2D eigenvalue weighted by Gasteiger charge is -2.10. The van der Waals surface area contributed by atoms with Gasteiger partial charge in [0.2, 0.25) is 10.0 Å². The maximum Gasteiger partial charge on any atom is 0.261 e. The zero-order valence-electron chi connectivity index (χ0n) is 13.2. The standard InChI is InChI=1S/C17H16N2O4S/c1-11-5-3-4-6-12(11)10-24(22,23)18-13-7-8-14-15(9-13)17(21)19(2)16(14)20/h3-9,18H,10H2,1-2H3. The van der Waals surface area contributed by atoms with Gasteiger partial charge in [-0.3, -0.25) is 19.2 Å². The highest BCUT2D eigenvalue weighted by Crippen LogP contribution is 2.25. The molecular weight excluding hydrogens is 328 g/mol. The summed E-state index contributed by atoms with van der Waals surface area (Å²) in [4.78, 5) is 24.8. The van der Waals surface area contributed by atoms with Crippen LogP contribution in [0.3, 0.4) is 0 Å². The maximum atomic E-state index is 12.4. The number of amides is 2. The molecule has 2 amide bonds. The highest BCUT2D eigenvalue weighted by atomic mass is 32.2. The Bertz CT molecular complexity index is 951. The Morgan fingerprint density at radius 1 is 1.00 bits per heavy atom. The van der Waals surface area contributed by atoms with E-state index in [0.29, 0.717) is 5.56 Å². The molecule has 6 nitrogen and oxygen atoms in total. The number of sulfonamides is 1. The SMILES string of the molecule is Cc1ccccc1CS(=O)(=O)Nc1ccc2c(c1)C(=O)N(C)C2=O. The summed E-state index contributed by atoms with van der Waals surface area (Å²) in [6.07, 6.45) is 0. The fourth-order valence-electron chi connectivity index (χ4n) is 2.62. The van der Waals surface area contributed by atoms with Gasteiger partial charge in [0.25, 0.3) is 11.8 Å². The van der Waals surface area contributed by atoms with E-state index in [4.69, 9.17) is 0 Å². The molecule has 0 unspecified atom stereocenters. The second-order valence-corrected chi connectivity index (χ2v) is 7.44. The normalized spacial score (nSPS) is 14.0. The molecule has 1 aliphatic heterocycles. The van der Waals surface area contributed by atoms with Crippen molar-refractivity contribution in [1.82, 2.24) is 4.90 Å². The zero-order chi connectivity index (χ0) is 17.5. The molecule has 1 aliphatic rings. The molecule has 0 fully saturated rings. The highest BCUT2D eigenvalue weighted by molar-refractivity contribution is 7.91. The van der Waals surface area contributed by atoms with Crippen LogP contribution in [-0.2, 0) is 15.8 Å². The van der Waals surface area contributed by atoms with Gasteiger partial charge in [-0.05, 0) is 36.2 Å². The van der Waals surface area contributed by atoms with E-state index in [1.807, 2.05) is 19.1 Å². The molecule has 7 heteroatoms. The Morgan fingerprint density at radius 3 is 2.38 bits per heavy atom. The predicted octanol–water partition coefficient (Wildman–Crippen LogP) is 2.16. The van der Waals surface area contributed by atoms with Crippen molar-refractivity contribution in [2.45, 2.75) is 12.7 Å². The van der Waals surface area contributed by atoms with E-state index < -0.39 is 15.9 Å². The molecule has 24 heavy (non-hydrogen) atoms. The van der Waals surface area contributed by atoms with Crippen LogP contribution in [0.15, 0.2) is 42.5 Å². The van der Waals surface area contributed by atoms with Crippen LogP contribution >= 0.6 is 0 Å². The molecule has 0 aromatic heterocycles. The van der Waals surface area contributed by atoms with Crippen LogP contribution in [0.5, 0.6) is 0 Å². The van der Waals surface area contributed by atoms with Gasteiger partial charge in [-0.2, -0.15) is 0 Å². The molecule has 3 rings (SSSR count). The lowest BCUT2D eigenvalue weighted by atomic mass is 10.1. The van der Waals surface area contributed by atoms with Crippen molar-refractivity contribution < 1.29 is 18.0 Å². The number of nitrogens with zero attached hydrogens (tertiary/aromatic N) is 1. The summed E-state index contributed by atoms with van der Waals surface area (Å²) in [5.74, 6) is -0.983. The molecule has 2 aromatic rings. The Labute approximate surface area is 140 Å². The first-order chi connectivity index (χ1) is 11.3. The predicted molar refractivity (Wildman–Crippen MR) is 90.3 cm³/mol. The van der Waals surface area contributed by atoms with E-state index >= 15 is 0 Å². The maximum absolute atomic E-state index is 12.4. The number of carbonyl (C=O) groups excluding carboxylic acids is 2. The van der Waals surface area contributed by atoms with E-state index in [1.54, 1.807) is 12.1 Å². The van der Waals surface area contributed by atoms with E-state index in [2.05, 4.69) is 4.72 Å². The van der Waals surface area contributed by atoms with Crippen molar-refractivity contribution in [3.8, 4) is 0 Å². The summed E-state index contributed by atoms with van der Waals surface area (Å²) in [6.45, 7) is 1.85. The number of rotatable bonds is 4. The summed E-state index contributed by atoms with van der Waals surface area (Å²) >= 11 is 0. The van der Waals surface area contributed by atoms with Gasteiger partial charge in [-0.25, -0.2) is 8.42 Å². The summed E-state index contributed by atoms with van der Waals surface area (Å²) in [5.41, 5.74) is 2.35. The van der Waals surface area contributed by atoms with E-state index in [1.165, 1.54) is 25.2 Å². The lowest BCUT2D eigenvalue weighted by Crippen LogP contribution is -2.24. The van der Waals surface area contributed by atoms with Gasteiger partial charge in [-0.1, -0.05) is 24.3 Å².